The minimum atomic E-state index is 0. The molecule has 0 radical (unpaired) electrons. The zero-order chi connectivity index (χ0) is 17.0. The molecule has 2 N–H and O–H groups in total. The van der Waals surface area contributed by atoms with Crippen LogP contribution in [-0.4, -0.2) is 5.48 Å². The molecule has 2 aromatic rings. The van der Waals surface area contributed by atoms with Gasteiger partial charge in [-0.2, -0.15) is 0 Å². The fraction of sp³-hybridized carbons (Fsp3) is 0.400. The molecule has 0 aromatic heterocycles. The molecule has 2 aromatic carbocycles. The molecule has 0 bridgehead atoms. The van der Waals surface area contributed by atoms with Gasteiger partial charge in [-0.15, -0.1) is 0 Å². The van der Waals surface area contributed by atoms with E-state index in [1.165, 1.54) is 11.1 Å². The van der Waals surface area contributed by atoms with E-state index in [4.69, 9.17) is 23.2 Å². The van der Waals surface area contributed by atoms with E-state index >= 15 is 0 Å². The number of halogens is 2. The van der Waals surface area contributed by atoms with Crippen LogP contribution in [0.5, 0.6) is 0 Å². The number of rotatable bonds is 0. The Balaban J connectivity index is 0.000000403. The first-order valence-electron chi connectivity index (χ1n) is 7.52. The van der Waals surface area contributed by atoms with E-state index in [0.717, 1.165) is 10.0 Å². The molecule has 128 valence electrons. The van der Waals surface area contributed by atoms with Gasteiger partial charge in [0.2, 0.25) is 0 Å². The van der Waals surface area contributed by atoms with Gasteiger partial charge in [-0.1, -0.05) is 89.0 Å². The third-order valence-corrected chi connectivity index (χ3v) is 3.92. The third-order valence-electron chi connectivity index (χ3n) is 3.42. The maximum Gasteiger partial charge on any atom is 0.0406 e. The Kier molecular flexibility index (Phi) is 8.34. The molecule has 0 aliphatic rings. The molecule has 0 saturated heterocycles. The Morgan fingerprint density at radius 3 is 0.913 bits per heavy atom. The van der Waals surface area contributed by atoms with E-state index in [-0.39, 0.29) is 16.3 Å². The second-order valence-corrected chi connectivity index (χ2v) is 8.39. The molecule has 0 aliphatic carbocycles. The number of hydrogen-bond acceptors (Lipinski definition) is 0. The topological polar surface area (TPSA) is 31.5 Å². The second-order valence-electron chi connectivity index (χ2n) is 7.51. The quantitative estimate of drug-likeness (QED) is 0.520. The van der Waals surface area contributed by atoms with Gasteiger partial charge in [0, 0.05) is 10.0 Å². The molecule has 0 atom stereocenters. The first-order valence-corrected chi connectivity index (χ1v) is 8.28. The molecule has 0 spiro atoms. The summed E-state index contributed by atoms with van der Waals surface area (Å²) in [4.78, 5) is 0. The third kappa shape index (κ3) is 7.87. The van der Waals surface area contributed by atoms with E-state index in [9.17, 15) is 0 Å². The normalized spacial score (nSPS) is 11.1. The summed E-state index contributed by atoms with van der Waals surface area (Å²) in [7, 11) is 0. The van der Waals surface area contributed by atoms with Crippen LogP contribution in [0.15, 0.2) is 48.5 Å². The lowest BCUT2D eigenvalue weighted by Gasteiger charge is -2.18. The lowest BCUT2D eigenvalue weighted by molar-refractivity contribution is 0.590. The molecule has 0 fully saturated rings. The molecule has 0 heterocycles. The predicted octanol–water partition coefficient (Wildman–Crippen LogP) is 6.45. The Bertz CT molecular complexity index is 518. The van der Waals surface area contributed by atoms with Crippen molar-refractivity contribution in [3.8, 4) is 0 Å². The lowest BCUT2D eigenvalue weighted by atomic mass is 9.87. The summed E-state index contributed by atoms with van der Waals surface area (Å²) in [5, 5.41) is 1.61. The van der Waals surface area contributed by atoms with Crippen molar-refractivity contribution in [2.75, 3.05) is 0 Å². The fourth-order valence-corrected chi connectivity index (χ4v) is 2.15. The van der Waals surface area contributed by atoms with Crippen LogP contribution >= 0.6 is 23.2 Å². The molecule has 1 nitrogen and oxygen atoms in total. The van der Waals surface area contributed by atoms with Gasteiger partial charge in [0.15, 0.2) is 0 Å². The summed E-state index contributed by atoms with van der Waals surface area (Å²) in [6.45, 7) is 13.1. The van der Waals surface area contributed by atoms with Gasteiger partial charge in [0.1, 0.15) is 0 Å². The maximum absolute atomic E-state index is 5.76. The summed E-state index contributed by atoms with van der Waals surface area (Å²) >= 11 is 11.5. The minimum absolute atomic E-state index is 0. The SMILES string of the molecule is CC(C)(C)c1ccc(Cl)cc1.CC(C)(C)c1ccc(Cl)cc1.O. The number of benzene rings is 2. The van der Waals surface area contributed by atoms with Gasteiger partial charge in [0.05, 0.1) is 0 Å². The molecule has 0 amide bonds. The van der Waals surface area contributed by atoms with Crippen molar-refractivity contribution in [3.63, 3.8) is 0 Å². The number of hydrogen-bond donors (Lipinski definition) is 0. The van der Waals surface area contributed by atoms with Gasteiger partial charge in [-0.05, 0) is 46.2 Å². The van der Waals surface area contributed by atoms with E-state index in [0.29, 0.717) is 0 Å². The van der Waals surface area contributed by atoms with Crippen molar-refractivity contribution in [1.29, 1.82) is 0 Å². The van der Waals surface area contributed by atoms with Crippen LogP contribution in [-0.2, 0) is 10.8 Å². The Morgan fingerprint density at radius 2 is 0.739 bits per heavy atom. The van der Waals surface area contributed by atoms with Crippen molar-refractivity contribution < 1.29 is 5.48 Å². The molecule has 23 heavy (non-hydrogen) atoms. The summed E-state index contributed by atoms with van der Waals surface area (Å²) < 4.78 is 0. The van der Waals surface area contributed by atoms with Crippen LogP contribution in [0.4, 0.5) is 0 Å². The minimum Gasteiger partial charge on any atom is -0.412 e. The first kappa shape index (κ1) is 22.0. The molecular weight excluding hydrogens is 327 g/mol. The maximum atomic E-state index is 5.76. The van der Waals surface area contributed by atoms with Crippen LogP contribution in [0.1, 0.15) is 52.7 Å². The zero-order valence-corrected chi connectivity index (χ0v) is 16.4. The average Bonchev–Trinajstić information content (AvgIpc) is 2.38. The summed E-state index contributed by atoms with van der Waals surface area (Å²) in [5.41, 5.74) is 3.10. The van der Waals surface area contributed by atoms with Crippen LogP contribution in [0, 0.1) is 0 Å². The summed E-state index contributed by atoms with van der Waals surface area (Å²) in [5.74, 6) is 0. The highest BCUT2D eigenvalue weighted by Gasteiger charge is 2.12. The van der Waals surface area contributed by atoms with Gasteiger partial charge in [-0.25, -0.2) is 0 Å². The van der Waals surface area contributed by atoms with Crippen molar-refractivity contribution in [3.05, 3.63) is 69.7 Å². The van der Waals surface area contributed by atoms with Crippen molar-refractivity contribution in [2.45, 2.75) is 52.4 Å². The molecular formula is C20H28Cl2O. The zero-order valence-electron chi connectivity index (χ0n) is 14.9. The van der Waals surface area contributed by atoms with Crippen LogP contribution in [0.3, 0.4) is 0 Å². The molecule has 2 rings (SSSR count). The van der Waals surface area contributed by atoms with Gasteiger partial charge >= 0.3 is 0 Å². The summed E-state index contributed by atoms with van der Waals surface area (Å²) in [6, 6.07) is 16.0. The highest BCUT2D eigenvalue weighted by Crippen LogP contribution is 2.24. The predicted molar refractivity (Wildman–Crippen MR) is 104 cm³/mol. The Hall–Kier alpha value is -1.02. The van der Waals surface area contributed by atoms with Gasteiger partial charge < -0.3 is 5.48 Å². The van der Waals surface area contributed by atoms with Crippen LogP contribution in [0.25, 0.3) is 0 Å². The smallest absolute Gasteiger partial charge is 0.0406 e. The highest BCUT2D eigenvalue weighted by molar-refractivity contribution is 6.30. The van der Waals surface area contributed by atoms with E-state index in [2.05, 4.69) is 65.8 Å². The van der Waals surface area contributed by atoms with Crippen molar-refractivity contribution in [1.82, 2.24) is 0 Å². The standard InChI is InChI=1S/2C10H13Cl.H2O/c2*1-10(2,3)8-4-6-9(11)7-5-8;/h2*4-7H,1-3H3;1H2. The van der Waals surface area contributed by atoms with E-state index in [1.54, 1.807) is 0 Å². The Morgan fingerprint density at radius 1 is 0.522 bits per heavy atom. The monoisotopic (exact) mass is 354 g/mol. The molecule has 0 saturated carbocycles. The molecule has 3 heteroatoms. The fourth-order valence-electron chi connectivity index (χ4n) is 1.90. The molecule has 0 aliphatic heterocycles. The Labute approximate surface area is 151 Å². The molecule has 0 unspecified atom stereocenters. The summed E-state index contributed by atoms with van der Waals surface area (Å²) in [6.07, 6.45) is 0. The lowest BCUT2D eigenvalue weighted by Crippen LogP contribution is -2.10. The van der Waals surface area contributed by atoms with Crippen LogP contribution < -0.4 is 0 Å². The second kappa shape index (κ2) is 8.73. The van der Waals surface area contributed by atoms with Gasteiger partial charge in [0.25, 0.3) is 0 Å². The highest BCUT2D eigenvalue weighted by atomic mass is 35.5. The first-order chi connectivity index (χ1) is 10.00. The largest absolute Gasteiger partial charge is 0.412 e. The van der Waals surface area contributed by atoms with Gasteiger partial charge in [-0.3, -0.25) is 0 Å². The van der Waals surface area contributed by atoms with Crippen molar-refractivity contribution >= 4 is 23.2 Å². The average molecular weight is 355 g/mol. The van der Waals surface area contributed by atoms with E-state index < -0.39 is 0 Å². The van der Waals surface area contributed by atoms with E-state index in [1.807, 2.05) is 24.3 Å². The van der Waals surface area contributed by atoms with Crippen molar-refractivity contribution in [2.24, 2.45) is 0 Å². The van der Waals surface area contributed by atoms with Crippen LogP contribution in [0.2, 0.25) is 10.0 Å².